The fourth-order valence-electron chi connectivity index (χ4n) is 3.41. The zero-order valence-corrected chi connectivity index (χ0v) is 15.9. The van der Waals surface area contributed by atoms with Crippen LogP contribution in [0.25, 0.3) is 0 Å². The van der Waals surface area contributed by atoms with Gasteiger partial charge < -0.3 is 14.8 Å². The Balaban J connectivity index is 1.76. The number of nitrogens with zero attached hydrogens (tertiary/aromatic N) is 3. The number of hydrogen-bond acceptors (Lipinski definition) is 6. The summed E-state index contributed by atoms with van der Waals surface area (Å²) < 4.78 is 12.4. The number of ether oxygens (including phenoxy) is 2. The van der Waals surface area contributed by atoms with Crippen molar-refractivity contribution < 1.29 is 28.4 Å². The van der Waals surface area contributed by atoms with Crippen molar-refractivity contribution in [2.75, 3.05) is 33.4 Å². The second-order valence-electron chi connectivity index (χ2n) is 6.73. The third kappa shape index (κ3) is 3.78. The second-order valence-corrected chi connectivity index (χ2v) is 6.73. The predicted octanol–water partition coefficient (Wildman–Crippen LogP) is 0.296. The summed E-state index contributed by atoms with van der Waals surface area (Å²) in [6.07, 6.45) is 3.44. The molecule has 0 aromatic heterocycles. The first-order valence-corrected chi connectivity index (χ1v) is 9.15. The first-order chi connectivity index (χ1) is 12.9. The Kier molecular flexibility index (Phi) is 5.69. The van der Waals surface area contributed by atoms with Gasteiger partial charge in [-0.05, 0) is 26.7 Å². The first kappa shape index (κ1) is 19.2. The van der Waals surface area contributed by atoms with Gasteiger partial charge in [-0.25, -0.2) is 4.79 Å². The lowest BCUT2D eigenvalue weighted by atomic mass is 9.96. The highest BCUT2D eigenvalue weighted by Crippen LogP contribution is 2.27. The lowest BCUT2D eigenvalue weighted by molar-refractivity contribution is -0.408. The van der Waals surface area contributed by atoms with Crippen LogP contribution in [0.4, 0.5) is 4.79 Å². The molecular formula is C18H25N4O5+. The molecule has 4 amide bonds. The minimum absolute atomic E-state index is 0.00728. The summed E-state index contributed by atoms with van der Waals surface area (Å²) >= 11 is 0. The number of allylic oxidation sites excluding steroid dienone is 1. The van der Waals surface area contributed by atoms with Crippen molar-refractivity contribution in [3.8, 4) is 0 Å². The van der Waals surface area contributed by atoms with Crippen molar-refractivity contribution in [2.45, 2.75) is 32.8 Å². The molecule has 1 N–H and O–H groups in total. The molecule has 3 aliphatic rings. The molecule has 146 valence electrons. The van der Waals surface area contributed by atoms with Crippen LogP contribution >= 0.6 is 0 Å². The van der Waals surface area contributed by atoms with E-state index in [1.54, 1.807) is 13.1 Å². The van der Waals surface area contributed by atoms with E-state index < -0.39 is 23.8 Å². The summed E-state index contributed by atoms with van der Waals surface area (Å²) in [5, 5.41) is 2.74. The van der Waals surface area contributed by atoms with Crippen molar-refractivity contribution in [3.05, 3.63) is 11.3 Å². The number of carbonyl (C=O) groups is 3. The third-order valence-corrected chi connectivity index (χ3v) is 4.83. The maximum atomic E-state index is 13.0. The summed E-state index contributed by atoms with van der Waals surface area (Å²) in [6.45, 7) is 4.73. The van der Waals surface area contributed by atoms with Gasteiger partial charge in [0.2, 0.25) is 0 Å². The Morgan fingerprint density at radius 1 is 1.48 bits per heavy atom. The van der Waals surface area contributed by atoms with Gasteiger partial charge in [-0.1, -0.05) is 0 Å². The third-order valence-electron chi connectivity index (χ3n) is 4.83. The normalized spacial score (nSPS) is 25.2. The Labute approximate surface area is 157 Å². The van der Waals surface area contributed by atoms with Crippen LogP contribution < -0.4 is 5.32 Å². The van der Waals surface area contributed by atoms with Gasteiger partial charge in [0.05, 0.1) is 19.8 Å². The summed E-state index contributed by atoms with van der Waals surface area (Å²) in [4.78, 5) is 43.1. The van der Waals surface area contributed by atoms with Gasteiger partial charge in [0.1, 0.15) is 12.0 Å². The van der Waals surface area contributed by atoms with E-state index >= 15 is 0 Å². The Hall–Kier alpha value is -2.55. The molecule has 0 aromatic carbocycles. The zero-order chi connectivity index (χ0) is 19.6. The number of aliphatic imine (C=N–C) groups is 1. The number of amides is 4. The summed E-state index contributed by atoms with van der Waals surface area (Å²) in [7, 11) is 1.54. The largest absolute Gasteiger partial charge is 0.496 e. The molecule has 3 aliphatic heterocycles. The minimum atomic E-state index is -0.816. The van der Waals surface area contributed by atoms with Crippen LogP contribution in [0.3, 0.4) is 0 Å². The molecule has 1 saturated heterocycles. The number of amidine groups is 1. The minimum Gasteiger partial charge on any atom is -0.496 e. The molecule has 3 heterocycles. The maximum absolute atomic E-state index is 13.0. The van der Waals surface area contributed by atoms with Crippen LogP contribution in [0.15, 0.2) is 16.3 Å². The topological polar surface area (TPSA) is 100 Å². The number of hydrogen-bond donors (Lipinski definition) is 1. The van der Waals surface area contributed by atoms with E-state index in [9.17, 15) is 14.4 Å². The first-order valence-electron chi connectivity index (χ1n) is 9.15. The van der Waals surface area contributed by atoms with Crippen molar-refractivity contribution >= 4 is 29.9 Å². The smallest absolute Gasteiger partial charge is 0.446 e. The average Bonchev–Trinajstić information content (AvgIpc) is 3.17. The molecule has 0 radical (unpaired) electrons. The number of urea groups is 1. The quantitative estimate of drug-likeness (QED) is 0.671. The summed E-state index contributed by atoms with van der Waals surface area (Å²) in [6, 6.07) is -0.578. The number of carbonyl (C=O) groups excluding carboxylic acids is 3. The van der Waals surface area contributed by atoms with E-state index in [0.717, 1.165) is 23.3 Å². The average molecular weight is 377 g/mol. The molecule has 2 atom stereocenters. The van der Waals surface area contributed by atoms with E-state index in [2.05, 4.69) is 10.3 Å². The van der Waals surface area contributed by atoms with Crippen LogP contribution in [0.5, 0.6) is 0 Å². The second kappa shape index (κ2) is 7.99. The predicted molar refractivity (Wildman–Crippen MR) is 96.6 cm³/mol. The highest BCUT2D eigenvalue weighted by Gasteiger charge is 2.50. The Morgan fingerprint density at radius 3 is 2.93 bits per heavy atom. The molecule has 3 rings (SSSR count). The van der Waals surface area contributed by atoms with Gasteiger partial charge in [0.15, 0.2) is 12.5 Å². The molecule has 0 saturated carbocycles. The Bertz CT molecular complexity index is 749. The molecule has 1 fully saturated rings. The van der Waals surface area contributed by atoms with Crippen molar-refractivity contribution in [1.82, 2.24) is 10.2 Å². The van der Waals surface area contributed by atoms with Gasteiger partial charge in [0, 0.05) is 18.7 Å². The SMILES string of the molecule is CCOC1=C(C)C=NC2=[N+](C)C(=O)N(CC(=O)NCC3CCCO3)C(=O)C12. The molecule has 0 aromatic rings. The molecule has 9 nitrogen and oxygen atoms in total. The van der Waals surface area contributed by atoms with Crippen molar-refractivity contribution in [2.24, 2.45) is 10.9 Å². The molecular weight excluding hydrogens is 352 g/mol. The van der Waals surface area contributed by atoms with E-state index in [0.29, 0.717) is 31.4 Å². The van der Waals surface area contributed by atoms with E-state index in [4.69, 9.17) is 9.47 Å². The number of rotatable bonds is 6. The van der Waals surface area contributed by atoms with Gasteiger partial charge in [-0.2, -0.15) is 9.48 Å². The number of fused-ring (bicyclic) bond motifs is 1. The van der Waals surface area contributed by atoms with Crippen LogP contribution in [-0.4, -0.2) is 78.8 Å². The van der Waals surface area contributed by atoms with Crippen molar-refractivity contribution in [3.63, 3.8) is 0 Å². The van der Waals surface area contributed by atoms with Crippen LogP contribution in [0.2, 0.25) is 0 Å². The van der Waals surface area contributed by atoms with Gasteiger partial charge in [0.25, 0.3) is 11.7 Å². The number of imide groups is 1. The fraction of sp³-hybridized carbons (Fsp3) is 0.611. The lowest BCUT2D eigenvalue weighted by Crippen LogP contribution is -2.57. The molecule has 0 aliphatic carbocycles. The van der Waals surface area contributed by atoms with Crippen LogP contribution in [-0.2, 0) is 19.1 Å². The summed E-state index contributed by atoms with van der Waals surface area (Å²) in [5.41, 5.74) is 0.726. The molecule has 9 heteroatoms. The van der Waals surface area contributed by atoms with Gasteiger partial charge in [-0.15, -0.1) is 4.99 Å². The van der Waals surface area contributed by atoms with Gasteiger partial charge >= 0.3 is 11.9 Å². The monoisotopic (exact) mass is 377 g/mol. The maximum Gasteiger partial charge on any atom is 0.446 e. The van der Waals surface area contributed by atoms with E-state index in [-0.39, 0.29) is 12.6 Å². The highest BCUT2D eigenvalue weighted by molar-refractivity contribution is 6.16. The lowest BCUT2D eigenvalue weighted by Gasteiger charge is -2.29. The van der Waals surface area contributed by atoms with Crippen molar-refractivity contribution in [1.29, 1.82) is 0 Å². The number of dihydropyridines is 1. The van der Waals surface area contributed by atoms with Crippen LogP contribution in [0.1, 0.15) is 26.7 Å². The highest BCUT2D eigenvalue weighted by atomic mass is 16.5. The fourth-order valence-corrected chi connectivity index (χ4v) is 3.41. The van der Waals surface area contributed by atoms with E-state index in [1.807, 2.05) is 6.92 Å². The standard InChI is InChI=1S/C18H24N4O5/c1-4-26-15-11(2)8-20-16-14(15)17(24)22(18(25)21(16)3)10-13(23)19-9-12-6-5-7-27-12/h8,12,14H,4-7,9-10H2,1-3H3/p+1. The zero-order valence-electron chi connectivity index (χ0n) is 15.9. The Morgan fingerprint density at radius 2 is 2.26 bits per heavy atom. The summed E-state index contributed by atoms with van der Waals surface area (Å²) in [5.74, 6) is -0.933. The molecule has 0 bridgehead atoms. The van der Waals surface area contributed by atoms with Crippen LogP contribution in [0, 0.1) is 5.92 Å². The number of nitrogens with one attached hydrogen (secondary N) is 1. The molecule has 27 heavy (non-hydrogen) atoms. The molecule has 2 unspecified atom stereocenters. The van der Waals surface area contributed by atoms with E-state index in [1.165, 1.54) is 11.6 Å². The molecule has 0 spiro atoms. The van der Waals surface area contributed by atoms with Gasteiger partial charge in [-0.3, -0.25) is 9.59 Å².